The van der Waals surface area contributed by atoms with Gasteiger partial charge in [-0.25, -0.2) is 0 Å². The molecule has 1 aliphatic rings. The number of nitrogens with one attached hydrogen (secondary N) is 1. The first kappa shape index (κ1) is 8.97. The van der Waals surface area contributed by atoms with E-state index in [1.54, 1.807) is 7.11 Å². The van der Waals surface area contributed by atoms with E-state index in [0.29, 0.717) is 12.2 Å². The van der Waals surface area contributed by atoms with E-state index in [2.05, 4.69) is 5.32 Å². The van der Waals surface area contributed by atoms with Crippen LogP contribution in [-0.4, -0.2) is 39.5 Å². The summed E-state index contributed by atoms with van der Waals surface area (Å²) < 4.78 is 10.7. The van der Waals surface area contributed by atoms with Gasteiger partial charge in [-0.2, -0.15) is 0 Å². The van der Waals surface area contributed by atoms with Crippen molar-refractivity contribution in [1.29, 1.82) is 0 Å². The van der Waals surface area contributed by atoms with Crippen LogP contribution in [0.25, 0.3) is 0 Å². The quantitative estimate of drug-likeness (QED) is 0.644. The first-order valence-corrected chi connectivity index (χ1v) is 4.15. The predicted octanol–water partition coefficient (Wildman–Crippen LogP) is 0.400. The maximum Gasteiger partial charge on any atom is 0.0813 e. The fourth-order valence-electron chi connectivity index (χ4n) is 1.47. The maximum atomic E-state index is 5.65. The smallest absolute Gasteiger partial charge is 0.0813 e. The van der Waals surface area contributed by atoms with E-state index >= 15 is 0 Å². The van der Waals surface area contributed by atoms with Gasteiger partial charge in [0.15, 0.2) is 0 Å². The van der Waals surface area contributed by atoms with Crippen LogP contribution in [0.1, 0.15) is 12.8 Å². The van der Waals surface area contributed by atoms with Gasteiger partial charge in [0.1, 0.15) is 0 Å². The Hall–Kier alpha value is -0.120. The highest BCUT2D eigenvalue weighted by atomic mass is 16.5. The van der Waals surface area contributed by atoms with Gasteiger partial charge in [0.2, 0.25) is 0 Å². The van der Waals surface area contributed by atoms with Crippen LogP contribution in [0.5, 0.6) is 0 Å². The van der Waals surface area contributed by atoms with Crippen molar-refractivity contribution in [2.45, 2.75) is 25.0 Å². The van der Waals surface area contributed by atoms with Crippen molar-refractivity contribution in [2.24, 2.45) is 0 Å². The summed E-state index contributed by atoms with van der Waals surface area (Å²) in [6, 6.07) is 0. The molecule has 3 heteroatoms. The van der Waals surface area contributed by atoms with Gasteiger partial charge in [0.05, 0.1) is 18.8 Å². The SMILES string of the molecule is CNCC1CCC(COC)O1. The van der Waals surface area contributed by atoms with Gasteiger partial charge in [0.25, 0.3) is 0 Å². The molecular formula is C8H17NO2. The molecule has 1 heterocycles. The fraction of sp³-hybridized carbons (Fsp3) is 1.00. The van der Waals surface area contributed by atoms with E-state index in [0.717, 1.165) is 26.0 Å². The molecule has 0 aliphatic carbocycles. The zero-order chi connectivity index (χ0) is 8.10. The Morgan fingerprint density at radius 3 is 2.82 bits per heavy atom. The lowest BCUT2D eigenvalue weighted by Crippen LogP contribution is -2.25. The molecule has 0 radical (unpaired) electrons. The lowest BCUT2D eigenvalue weighted by molar-refractivity contribution is -0.000100. The monoisotopic (exact) mass is 159 g/mol. The Balaban J connectivity index is 2.12. The van der Waals surface area contributed by atoms with Gasteiger partial charge < -0.3 is 14.8 Å². The van der Waals surface area contributed by atoms with Crippen molar-refractivity contribution in [3.05, 3.63) is 0 Å². The van der Waals surface area contributed by atoms with Crippen molar-refractivity contribution in [3.8, 4) is 0 Å². The lowest BCUT2D eigenvalue weighted by Gasteiger charge is -2.11. The summed E-state index contributed by atoms with van der Waals surface area (Å²) in [6.45, 7) is 1.69. The van der Waals surface area contributed by atoms with Crippen LogP contribution in [0, 0.1) is 0 Å². The number of rotatable bonds is 4. The van der Waals surface area contributed by atoms with Crippen LogP contribution < -0.4 is 5.32 Å². The summed E-state index contributed by atoms with van der Waals surface area (Å²) in [5.41, 5.74) is 0. The molecule has 0 aromatic heterocycles. The largest absolute Gasteiger partial charge is 0.382 e. The zero-order valence-corrected chi connectivity index (χ0v) is 7.30. The molecule has 0 bridgehead atoms. The van der Waals surface area contributed by atoms with Crippen LogP contribution in [0.3, 0.4) is 0 Å². The highest BCUT2D eigenvalue weighted by Crippen LogP contribution is 2.18. The molecule has 0 aromatic rings. The Kier molecular flexibility index (Phi) is 3.83. The van der Waals surface area contributed by atoms with Crippen LogP contribution >= 0.6 is 0 Å². The molecule has 1 rings (SSSR count). The molecule has 0 spiro atoms. The average molecular weight is 159 g/mol. The number of hydrogen-bond donors (Lipinski definition) is 1. The van der Waals surface area contributed by atoms with Crippen molar-refractivity contribution in [2.75, 3.05) is 27.3 Å². The molecule has 11 heavy (non-hydrogen) atoms. The highest BCUT2D eigenvalue weighted by molar-refractivity contribution is 4.74. The number of methoxy groups -OCH3 is 1. The number of likely N-dealkylation sites (N-methyl/N-ethyl adjacent to an activating group) is 1. The second-order valence-electron chi connectivity index (χ2n) is 2.97. The molecule has 0 saturated carbocycles. The third kappa shape index (κ3) is 2.77. The standard InChI is InChI=1S/C8H17NO2/c1-9-5-7-3-4-8(11-7)6-10-2/h7-9H,3-6H2,1-2H3. The van der Waals surface area contributed by atoms with Gasteiger partial charge in [0, 0.05) is 13.7 Å². The molecule has 2 unspecified atom stereocenters. The summed E-state index contributed by atoms with van der Waals surface area (Å²) in [5.74, 6) is 0. The Morgan fingerprint density at radius 2 is 2.18 bits per heavy atom. The maximum absolute atomic E-state index is 5.65. The average Bonchev–Trinajstić information content (AvgIpc) is 2.38. The minimum Gasteiger partial charge on any atom is -0.382 e. The summed E-state index contributed by atoms with van der Waals surface area (Å²) in [5, 5.41) is 3.11. The molecule has 1 fully saturated rings. The summed E-state index contributed by atoms with van der Waals surface area (Å²) >= 11 is 0. The molecule has 3 nitrogen and oxygen atoms in total. The normalized spacial score (nSPS) is 31.1. The van der Waals surface area contributed by atoms with E-state index in [9.17, 15) is 0 Å². The first-order chi connectivity index (χ1) is 5.36. The Morgan fingerprint density at radius 1 is 1.45 bits per heavy atom. The minimum absolute atomic E-state index is 0.332. The van der Waals surface area contributed by atoms with Gasteiger partial charge in [-0.1, -0.05) is 0 Å². The van der Waals surface area contributed by atoms with Crippen molar-refractivity contribution in [3.63, 3.8) is 0 Å². The number of ether oxygens (including phenoxy) is 2. The van der Waals surface area contributed by atoms with E-state index in [-0.39, 0.29) is 0 Å². The number of hydrogen-bond acceptors (Lipinski definition) is 3. The predicted molar refractivity (Wildman–Crippen MR) is 43.7 cm³/mol. The molecule has 1 aliphatic heterocycles. The van der Waals surface area contributed by atoms with Gasteiger partial charge in [-0.3, -0.25) is 0 Å². The topological polar surface area (TPSA) is 30.5 Å². The zero-order valence-electron chi connectivity index (χ0n) is 7.30. The molecule has 2 atom stereocenters. The molecule has 1 saturated heterocycles. The second-order valence-corrected chi connectivity index (χ2v) is 2.97. The second kappa shape index (κ2) is 4.70. The van der Waals surface area contributed by atoms with E-state index in [4.69, 9.17) is 9.47 Å². The van der Waals surface area contributed by atoms with Crippen molar-refractivity contribution in [1.82, 2.24) is 5.32 Å². The van der Waals surface area contributed by atoms with E-state index < -0.39 is 0 Å². The third-order valence-corrected chi connectivity index (χ3v) is 1.98. The minimum atomic E-state index is 0.332. The summed E-state index contributed by atoms with van der Waals surface area (Å²) in [4.78, 5) is 0. The first-order valence-electron chi connectivity index (χ1n) is 4.15. The van der Waals surface area contributed by atoms with Crippen LogP contribution in [0.15, 0.2) is 0 Å². The fourth-order valence-corrected chi connectivity index (χ4v) is 1.47. The Bertz CT molecular complexity index is 96.3. The van der Waals surface area contributed by atoms with Crippen molar-refractivity contribution < 1.29 is 9.47 Å². The molecule has 0 aromatic carbocycles. The lowest BCUT2D eigenvalue weighted by atomic mass is 10.2. The van der Waals surface area contributed by atoms with E-state index in [1.807, 2.05) is 7.05 Å². The molecule has 1 N–H and O–H groups in total. The Labute approximate surface area is 68.1 Å². The molecule has 66 valence electrons. The van der Waals surface area contributed by atoms with E-state index in [1.165, 1.54) is 0 Å². The van der Waals surface area contributed by atoms with Crippen LogP contribution in [-0.2, 0) is 9.47 Å². The molecule has 0 amide bonds. The third-order valence-electron chi connectivity index (χ3n) is 1.98. The van der Waals surface area contributed by atoms with Crippen LogP contribution in [0.4, 0.5) is 0 Å². The summed E-state index contributed by atoms with van der Waals surface area (Å²) in [6.07, 6.45) is 3.04. The van der Waals surface area contributed by atoms with Crippen molar-refractivity contribution >= 4 is 0 Å². The summed E-state index contributed by atoms with van der Waals surface area (Å²) in [7, 11) is 3.67. The molecular weight excluding hydrogens is 142 g/mol. The van der Waals surface area contributed by atoms with Gasteiger partial charge in [-0.05, 0) is 19.9 Å². The van der Waals surface area contributed by atoms with Gasteiger partial charge >= 0.3 is 0 Å². The van der Waals surface area contributed by atoms with Crippen LogP contribution in [0.2, 0.25) is 0 Å². The van der Waals surface area contributed by atoms with Gasteiger partial charge in [-0.15, -0.1) is 0 Å². The highest BCUT2D eigenvalue weighted by Gasteiger charge is 2.23.